The first-order valence-corrected chi connectivity index (χ1v) is 7.41. The first kappa shape index (κ1) is 14.0. The highest BCUT2D eigenvalue weighted by molar-refractivity contribution is 9.10. The molecule has 1 aliphatic rings. The van der Waals surface area contributed by atoms with E-state index in [1.807, 2.05) is 18.2 Å². The normalized spacial score (nSPS) is 28.3. The van der Waals surface area contributed by atoms with E-state index in [1.165, 1.54) is 0 Å². The van der Waals surface area contributed by atoms with Crippen LogP contribution in [0.1, 0.15) is 38.3 Å². The lowest BCUT2D eigenvalue weighted by molar-refractivity contribution is -0.00635. The highest BCUT2D eigenvalue weighted by Crippen LogP contribution is 2.31. The molecule has 18 heavy (non-hydrogen) atoms. The van der Waals surface area contributed by atoms with Gasteiger partial charge in [0.15, 0.2) is 0 Å². The Morgan fingerprint density at radius 2 is 2.17 bits per heavy atom. The third-order valence-electron chi connectivity index (χ3n) is 3.74. The number of nitrogens with one attached hydrogen (secondary N) is 1. The molecule has 1 saturated carbocycles. The number of hydrogen-bond acceptors (Lipinski definition) is 3. The zero-order valence-corrected chi connectivity index (χ0v) is 12.4. The smallest absolute Gasteiger partial charge is 0.106 e. The first-order valence-electron chi connectivity index (χ1n) is 6.62. The van der Waals surface area contributed by atoms with Crippen molar-refractivity contribution in [2.24, 2.45) is 5.92 Å². The van der Waals surface area contributed by atoms with Gasteiger partial charge in [0.1, 0.15) is 4.60 Å². The molecule has 1 fully saturated rings. The van der Waals surface area contributed by atoms with Crippen molar-refractivity contribution in [3.8, 4) is 0 Å². The van der Waals surface area contributed by atoms with Gasteiger partial charge >= 0.3 is 0 Å². The van der Waals surface area contributed by atoms with Gasteiger partial charge in [0.2, 0.25) is 0 Å². The highest BCUT2D eigenvalue weighted by Gasteiger charge is 2.31. The number of rotatable bonds is 4. The minimum Gasteiger partial charge on any atom is -0.389 e. The molecular weight excluding hydrogens is 292 g/mol. The molecule has 4 heteroatoms. The minimum absolute atomic E-state index is 0.515. The SMILES string of the molecule is CC1CCC(O)(CNCc2cccc(Br)n2)CC1. The van der Waals surface area contributed by atoms with Crippen LogP contribution in [-0.2, 0) is 6.54 Å². The van der Waals surface area contributed by atoms with Crippen molar-refractivity contribution in [3.05, 3.63) is 28.5 Å². The van der Waals surface area contributed by atoms with Gasteiger partial charge in [-0.25, -0.2) is 4.98 Å². The van der Waals surface area contributed by atoms with Gasteiger partial charge in [-0.2, -0.15) is 0 Å². The second kappa shape index (κ2) is 6.13. The van der Waals surface area contributed by atoms with Crippen molar-refractivity contribution in [1.82, 2.24) is 10.3 Å². The minimum atomic E-state index is -0.515. The van der Waals surface area contributed by atoms with E-state index >= 15 is 0 Å². The summed E-state index contributed by atoms with van der Waals surface area (Å²) in [4.78, 5) is 4.36. The Labute approximate surface area is 117 Å². The van der Waals surface area contributed by atoms with Gasteiger partial charge in [-0.05, 0) is 59.7 Å². The van der Waals surface area contributed by atoms with E-state index < -0.39 is 5.60 Å². The summed E-state index contributed by atoms with van der Waals surface area (Å²) in [6, 6.07) is 5.88. The second-order valence-electron chi connectivity index (χ2n) is 5.46. The van der Waals surface area contributed by atoms with Crippen LogP contribution in [-0.4, -0.2) is 22.2 Å². The molecule has 100 valence electrons. The van der Waals surface area contributed by atoms with Crippen LogP contribution in [0.4, 0.5) is 0 Å². The van der Waals surface area contributed by atoms with Crippen molar-refractivity contribution in [2.45, 2.75) is 44.8 Å². The summed E-state index contributed by atoms with van der Waals surface area (Å²) >= 11 is 3.36. The van der Waals surface area contributed by atoms with Gasteiger partial charge in [-0.1, -0.05) is 13.0 Å². The van der Waals surface area contributed by atoms with Gasteiger partial charge in [-0.3, -0.25) is 0 Å². The van der Waals surface area contributed by atoms with E-state index in [0.29, 0.717) is 13.1 Å². The number of halogens is 1. The number of pyridine rings is 1. The van der Waals surface area contributed by atoms with Crippen LogP contribution >= 0.6 is 15.9 Å². The number of nitrogens with zero attached hydrogens (tertiary/aromatic N) is 1. The van der Waals surface area contributed by atoms with E-state index in [2.05, 4.69) is 33.2 Å². The van der Waals surface area contributed by atoms with Crippen molar-refractivity contribution >= 4 is 15.9 Å². The zero-order valence-electron chi connectivity index (χ0n) is 10.8. The van der Waals surface area contributed by atoms with Gasteiger partial charge in [0.25, 0.3) is 0 Å². The van der Waals surface area contributed by atoms with Crippen LogP contribution < -0.4 is 5.32 Å². The molecule has 1 heterocycles. The maximum absolute atomic E-state index is 10.4. The van der Waals surface area contributed by atoms with Gasteiger partial charge in [0.05, 0.1) is 11.3 Å². The summed E-state index contributed by atoms with van der Waals surface area (Å²) in [7, 11) is 0. The summed E-state index contributed by atoms with van der Waals surface area (Å²) in [5, 5.41) is 13.8. The number of aromatic nitrogens is 1. The Kier molecular flexibility index (Phi) is 4.76. The fraction of sp³-hybridized carbons (Fsp3) is 0.643. The molecular formula is C14H21BrN2O. The van der Waals surface area contributed by atoms with Crippen molar-refractivity contribution in [3.63, 3.8) is 0 Å². The van der Waals surface area contributed by atoms with Crippen LogP contribution in [0.5, 0.6) is 0 Å². The summed E-state index contributed by atoms with van der Waals surface area (Å²) in [5.74, 6) is 0.761. The Hall–Kier alpha value is -0.450. The molecule has 0 saturated heterocycles. The van der Waals surface area contributed by atoms with Gasteiger partial charge in [0, 0.05) is 13.1 Å². The van der Waals surface area contributed by atoms with Crippen LogP contribution in [0.15, 0.2) is 22.8 Å². The summed E-state index contributed by atoms with van der Waals surface area (Å²) in [6.45, 7) is 3.63. The molecule has 2 rings (SSSR count). The van der Waals surface area contributed by atoms with E-state index in [4.69, 9.17) is 0 Å². The zero-order chi connectivity index (χ0) is 13.0. The Morgan fingerprint density at radius 3 is 2.83 bits per heavy atom. The highest BCUT2D eigenvalue weighted by atomic mass is 79.9. The lowest BCUT2D eigenvalue weighted by atomic mass is 9.79. The van der Waals surface area contributed by atoms with E-state index in [-0.39, 0.29) is 0 Å². The van der Waals surface area contributed by atoms with Crippen molar-refractivity contribution in [1.29, 1.82) is 0 Å². The van der Waals surface area contributed by atoms with Crippen molar-refractivity contribution in [2.75, 3.05) is 6.54 Å². The maximum atomic E-state index is 10.4. The van der Waals surface area contributed by atoms with E-state index in [9.17, 15) is 5.11 Å². The molecule has 1 aliphatic carbocycles. The number of hydrogen-bond donors (Lipinski definition) is 2. The van der Waals surface area contributed by atoms with Crippen LogP contribution in [0, 0.1) is 5.92 Å². The summed E-state index contributed by atoms with van der Waals surface area (Å²) < 4.78 is 0.854. The fourth-order valence-electron chi connectivity index (χ4n) is 2.45. The monoisotopic (exact) mass is 312 g/mol. The third-order valence-corrected chi connectivity index (χ3v) is 4.18. The van der Waals surface area contributed by atoms with E-state index in [0.717, 1.165) is 41.9 Å². The van der Waals surface area contributed by atoms with Crippen LogP contribution in [0.3, 0.4) is 0 Å². The molecule has 3 nitrogen and oxygen atoms in total. The standard InChI is InChI=1S/C14H21BrN2O/c1-11-5-7-14(18,8-6-11)10-16-9-12-3-2-4-13(15)17-12/h2-4,11,16,18H,5-10H2,1H3. The molecule has 0 aliphatic heterocycles. The summed E-state index contributed by atoms with van der Waals surface area (Å²) in [6.07, 6.45) is 4.08. The Morgan fingerprint density at radius 1 is 1.44 bits per heavy atom. The lowest BCUT2D eigenvalue weighted by Crippen LogP contribution is -2.43. The average Bonchev–Trinajstić information content (AvgIpc) is 2.34. The Balaban J connectivity index is 1.78. The van der Waals surface area contributed by atoms with Crippen molar-refractivity contribution < 1.29 is 5.11 Å². The molecule has 0 spiro atoms. The third kappa shape index (κ3) is 4.04. The van der Waals surface area contributed by atoms with Gasteiger partial charge < -0.3 is 10.4 Å². The predicted molar refractivity (Wildman–Crippen MR) is 76.2 cm³/mol. The molecule has 0 unspecified atom stereocenters. The lowest BCUT2D eigenvalue weighted by Gasteiger charge is -2.35. The molecule has 1 aromatic rings. The van der Waals surface area contributed by atoms with Gasteiger partial charge in [-0.15, -0.1) is 0 Å². The topological polar surface area (TPSA) is 45.1 Å². The molecule has 0 amide bonds. The van der Waals surface area contributed by atoms with Crippen LogP contribution in [0.2, 0.25) is 0 Å². The van der Waals surface area contributed by atoms with Crippen LogP contribution in [0.25, 0.3) is 0 Å². The molecule has 0 aromatic carbocycles. The molecule has 2 N–H and O–H groups in total. The number of aliphatic hydroxyl groups is 1. The molecule has 0 atom stereocenters. The molecule has 0 bridgehead atoms. The maximum Gasteiger partial charge on any atom is 0.106 e. The largest absolute Gasteiger partial charge is 0.389 e. The summed E-state index contributed by atoms with van der Waals surface area (Å²) in [5.41, 5.74) is 0.482. The van der Waals surface area contributed by atoms with E-state index in [1.54, 1.807) is 0 Å². The average molecular weight is 313 g/mol. The quantitative estimate of drug-likeness (QED) is 0.840. The second-order valence-corrected chi connectivity index (χ2v) is 6.27. The first-order chi connectivity index (χ1) is 8.57. The fourth-order valence-corrected chi connectivity index (χ4v) is 2.83. The molecule has 1 aromatic heterocycles. The predicted octanol–water partition coefficient (Wildman–Crippen LogP) is 2.87. The molecule has 0 radical (unpaired) electrons. The Bertz CT molecular complexity index is 389.